The Morgan fingerprint density at radius 2 is 1.78 bits per heavy atom. The summed E-state index contributed by atoms with van der Waals surface area (Å²) in [4.78, 5) is 50.0. The van der Waals surface area contributed by atoms with Gasteiger partial charge in [-0.1, -0.05) is 12.1 Å². The van der Waals surface area contributed by atoms with Crippen molar-refractivity contribution in [1.29, 1.82) is 0 Å². The minimum Gasteiger partial charge on any atom is -0.322 e. The van der Waals surface area contributed by atoms with Crippen molar-refractivity contribution in [3.63, 3.8) is 0 Å². The zero-order valence-corrected chi connectivity index (χ0v) is 20.6. The molecule has 6 rings (SSSR count). The molecule has 3 aliphatic heterocycles. The monoisotopic (exact) mass is 495 g/mol. The first-order valence-electron chi connectivity index (χ1n) is 12.9. The number of nitrogens with zero attached hydrogens (tertiary/aromatic N) is 4. The maximum Gasteiger partial charge on any atom is 0.255 e. The fourth-order valence-electron chi connectivity index (χ4n) is 5.73. The molecule has 2 saturated heterocycles. The number of carbonyl (C=O) groups is 3. The fraction of sp³-hybridized carbons (Fsp3) is 0.345. The van der Waals surface area contributed by atoms with Crippen LogP contribution in [0, 0.1) is 0 Å². The molecule has 3 aliphatic rings. The Morgan fingerprint density at radius 1 is 0.919 bits per heavy atom. The lowest BCUT2D eigenvalue weighted by Gasteiger charge is -2.31. The van der Waals surface area contributed by atoms with Crippen molar-refractivity contribution >= 4 is 17.7 Å². The quantitative estimate of drug-likeness (QED) is 0.546. The van der Waals surface area contributed by atoms with Crippen LogP contribution in [0.15, 0.2) is 60.9 Å². The molecule has 8 heteroatoms. The van der Waals surface area contributed by atoms with Gasteiger partial charge < -0.3 is 4.90 Å². The van der Waals surface area contributed by atoms with E-state index in [0.29, 0.717) is 24.4 Å². The number of benzene rings is 1. The van der Waals surface area contributed by atoms with E-state index in [-0.39, 0.29) is 18.2 Å². The van der Waals surface area contributed by atoms with Gasteiger partial charge in [-0.2, -0.15) is 0 Å². The van der Waals surface area contributed by atoms with Gasteiger partial charge in [-0.15, -0.1) is 0 Å². The Labute approximate surface area is 215 Å². The summed E-state index contributed by atoms with van der Waals surface area (Å²) in [6.07, 6.45) is 6.55. The molecule has 0 saturated carbocycles. The summed E-state index contributed by atoms with van der Waals surface area (Å²) in [5.41, 5.74) is 5.72. The number of fused-ring (bicyclic) bond motifs is 1. The van der Waals surface area contributed by atoms with E-state index in [1.807, 2.05) is 36.7 Å². The van der Waals surface area contributed by atoms with Crippen molar-refractivity contribution in [1.82, 2.24) is 25.1 Å². The standard InChI is InChI=1S/C29H29N5O3/c35-27-7-6-26(28(36)32-27)34-18-22-16-21(4-5-23(22)29(34)37)25-15-19(8-12-31-25)17-33-13-9-20(10-14-33)24-3-1-2-11-30-24/h1-5,8,11-12,15-16,20,26H,6-7,9-10,13-14,17-18H2,(H,32,35,36). The smallest absolute Gasteiger partial charge is 0.255 e. The van der Waals surface area contributed by atoms with Gasteiger partial charge in [0.05, 0.1) is 5.69 Å². The van der Waals surface area contributed by atoms with Gasteiger partial charge in [0.2, 0.25) is 11.8 Å². The van der Waals surface area contributed by atoms with Gasteiger partial charge in [0.1, 0.15) is 6.04 Å². The molecule has 0 aliphatic carbocycles. The number of piperidine rings is 2. The molecule has 188 valence electrons. The Kier molecular flexibility index (Phi) is 6.26. The zero-order chi connectivity index (χ0) is 25.4. The van der Waals surface area contributed by atoms with Crippen LogP contribution in [0.1, 0.15) is 58.8 Å². The lowest BCUT2D eigenvalue weighted by Crippen LogP contribution is -2.52. The van der Waals surface area contributed by atoms with Gasteiger partial charge >= 0.3 is 0 Å². The van der Waals surface area contributed by atoms with Crippen molar-refractivity contribution in [3.8, 4) is 11.3 Å². The molecule has 8 nitrogen and oxygen atoms in total. The van der Waals surface area contributed by atoms with Crippen LogP contribution in [0.4, 0.5) is 0 Å². The summed E-state index contributed by atoms with van der Waals surface area (Å²) in [5.74, 6) is -0.307. The topological polar surface area (TPSA) is 95.5 Å². The number of amides is 3. The molecule has 1 atom stereocenters. The molecule has 5 heterocycles. The summed E-state index contributed by atoms with van der Waals surface area (Å²) in [7, 11) is 0. The highest BCUT2D eigenvalue weighted by molar-refractivity contribution is 6.05. The number of nitrogens with one attached hydrogen (secondary N) is 1. The van der Waals surface area contributed by atoms with Gasteiger partial charge in [-0.25, -0.2) is 0 Å². The number of carbonyl (C=O) groups excluding carboxylic acids is 3. The Morgan fingerprint density at radius 3 is 2.57 bits per heavy atom. The molecule has 0 bridgehead atoms. The summed E-state index contributed by atoms with van der Waals surface area (Å²) < 4.78 is 0. The number of hydrogen-bond donors (Lipinski definition) is 1. The molecule has 1 N–H and O–H groups in total. The molecule has 0 spiro atoms. The third-order valence-electron chi connectivity index (χ3n) is 7.74. The zero-order valence-electron chi connectivity index (χ0n) is 20.6. The van der Waals surface area contributed by atoms with Gasteiger partial charge in [-0.3, -0.25) is 34.6 Å². The summed E-state index contributed by atoms with van der Waals surface area (Å²) in [5, 5.41) is 2.35. The molecule has 2 fully saturated rings. The Bertz CT molecular complexity index is 1350. The minimum atomic E-state index is -0.607. The molecular weight excluding hydrogens is 466 g/mol. The van der Waals surface area contributed by atoms with E-state index < -0.39 is 11.9 Å². The van der Waals surface area contributed by atoms with Gasteiger partial charge in [0.15, 0.2) is 0 Å². The molecule has 3 aromatic rings. The first kappa shape index (κ1) is 23.5. The molecule has 0 radical (unpaired) electrons. The largest absolute Gasteiger partial charge is 0.322 e. The molecule has 37 heavy (non-hydrogen) atoms. The van der Waals surface area contributed by atoms with E-state index in [4.69, 9.17) is 0 Å². The second-order valence-corrected chi connectivity index (χ2v) is 10.1. The van der Waals surface area contributed by atoms with Crippen molar-refractivity contribution in [2.75, 3.05) is 13.1 Å². The van der Waals surface area contributed by atoms with Crippen molar-refractivity contribution in [3.05, 3.63) is 83.3 Å². The van der Waals surface area contributed by atoms with E-state index >= 15 is 0 Å². The van der Waals surface area contributed by atoms with Crippen LogP contribution in [0.5, 0.6) is 0 Å². The average Bonchev–Trinajstić information content (AvgIpc) is 3.25. The second kappa shape index (κ2) is 9.86. The fourth-order valence-corrected chi connectivity index (χ4v) is 5.73. The van der Waals surface area contributed by atoms with Crippen LogP contribution in [-0.2, 0) is 22.7 Å². The van der Waals surface area contributed by atoms with Gasteiger partial charge in [0.25, 0.3) is 5.91 Å². The third kappa shape index (κ3) is 4.76. The van der Waals surface area contributed by atoms with Crippen molar-refractivity contribution in [2.24, 2.45) is 0 Å². The van der Waals surface area contributed by atoms with Gasteiger partial charge in [-0.05, 0) is 79.9 Å². The predicted molar refractivity (Wildman–Crippen MR) is 137 cm³/mol. The SMILES string of the molecule is O=C1CCC(N2Cc3cc(-c4cc(CN5CCC(c6ccccn6)CC5)ccn4)ccc3C2=O)C(=O)N1. The van der Waals surface area contributed by atoms with Crippen LogP contribution < -0.4 is 5.32 Å². The average molecular weight is 496 g/mol. The minimum absolute atomic E-state index is 0.160. The van der Waals surface area contributed by atoms with Gasteiger partial charge in [0, 0.05) is 54.6 Å². The number of pyridine rings is 2. The highest BCUT2D eigenvalue weighted by atomic mass is 16.2. The van der Waals surface area contributed by atoms with E-state index in [1.165, 1.54) is 11.3 Å². The first-order valence-corrected chi connectivity index (χ1v) is 12.9. The predicted octanol–water partition coefficient (Wildman–Crippen LogP) is 3.28. The number of imide groups is 1. The Hall–Kier alpha value is -3.91. The summed E-state index contributed by atoms with van der Waals surface area (Å²) in [6, 6.07) is 15.5. The lowest BCUT2D eigenvalue weighted by atomic mass is 9.93. The molecule has 1 unspecified atom stereocenters. The van der Waals surface area contributed by atoms with Crippen LogP contribution >= 0.6 is 0 Å². The van der Waals surface area contributed by atoms with Crippen LogP contribution in [0.25, 0.3) is 11.3 Å². The second-order valence-electron chi connectivity index (χ2n) is 10.1. The maximum absolute atomic E-state index is 13.0. The van der Waals surface area contributed by atoms with Crippen molar-refractivity contribution < 1.29 is 14.4 Å². The summed E-state index contributed by atoms with van der Waals surface area (Å²) >= 11 is 0. The van der Waals surface area contributed by atoms with E-state index in [9.17, 15) is 14.4 Å². The molecule has 2 aromatic heterocycles. The number of likely N-dealkylation sites (tertiary alicyclic amines) is 1. The Balaban J connectivity index is 1.13. The lowest BCUT2D eigenvalue weighted by molar-refractivity contribution is -0.136. The highest BCUT2D eigenvalue weighted by Gasteiger charge is 2.39. The molecular formula is C29H29N5O3. The molecule has 3 amide bonds. The van der Waals surface area contributed by atoms with Crippen LogP contribution in [0.3, 0.4) is 0 Å². The first-order chi connectivity index (χ1) is 18.0. The maximum atomic E-state index is 13.0. The van der Waals surface area contributed by atoms with E-state index in [2.05, 4.69) is 44.5 Å². The third-order valence-corrected chi connectivity index (χ3v) is 7.74. The van der Waals surface area contributed by atoms with Crippen molar-refractivity contribution in [2.45, 2.75) is 50.7 Å². The number of rotatable bonds is 5. The normalized spacial score (nSPS) is 20.7. The number of hydrogen-bond acceptors (Lipinski definition) is 6. The van der Waals surface area contributed by atoms with E-state index in [0.717, 1.165) is 49.3 Å². The summed E-state index contributed by atoms with van der Waals surface area (Å²) in [6.45, 7) is 3.31. The van der Waals surface area contributed by atoms with E-state index in [1.54, 1.807) is 4.90 Å². The number of aromatic nitrogens is 2. The molecule has 1 aromatic carbocycles. The van der Waals surface area contributed by atoms with Crippen LogP contribution in [-0.4, -0.2) is 56.6 Å². The highest BCUT2D eigenvalue weighted by Crippen LogP contribution is 2.31. The van der Waals surface area contributed by atoms with Crippen LogP contribution in [0.2, 0.25) is 0 Å².